The van der Waals surface area contributed by atoms with Crippen molar-refractivity contribution in [2.45, 2.75) is 26.2 Å². The molecule has 1 aliphatic carbocycles. The zero-order valence-corrected chi connectivity index (χ0v) is 12.4. The Labute approximate surface area is 121 Å². The van der Waals surface area contributed by atoms with Gasteiger partial charge in [-0.2, -0.15) is 0 Å². The van der Waals surface area contributed by atoms with Gasteiger partial charge in [-0.25, -0.2) is 0 Å². The van der Waals surface area contributed by atoms with Crippen molar-refractivity contribution in [1.82, 2.24) is 5.32 Å². The Balaban J connectivity index is 2.08. The van der Waals surface area contributed by atoms with Crippen molar-refractivity contribution in [3.8, 4) is 0 Å². The van der Waals surface area contributed by atoms with E-state index in [4.69, 9.17) is 4.74 Å². The van der Waals surface area contributed by atoms with Gasteiger partial charge in [0.05, 0.1) is 7.11 Å². The van der Waals surface area contributed by atoms with E-state index in [1.54, 1.807) is 7.11 Å². The summed E-state index contributed by atoms with van der Waals surface area (Å²) in [6.07, 6.45) is 9.85. The van der Waals surface area contributed by atoms with Crippen LogP contribution in [0.25, 0.3) is 5.76 Å². The van der Waals surface area contributed by atoms with Gasteiger partial charge in [0, 0.05) is 17.8 Å². The Hall–Kier alpha value is -1.96. The van der Waals surface area contributed by atoms with E-state index in [1.165, 1.54) is 24.1 Å². The second-order valence-corrected chi connectivity index (χ2v) is 4.90. The van der Waals surface area contributed by atoms with Crippen LogP contribution < -0.4 is 5.32 Å². The molecule has 2 heteroatoms. The Bertz CT molecular complexity index is 511. The standard InChI is InChI=1S/C18H23NO/c1-3-4-14-19-17-12-10-16(11-13-17)18(20-2)15-8-6-5-7-9-15/h5-10,12-13,19H,3-4,11,14H2,1-2H3. The highest BCUT2D eigenvalue weighted by Gasteiger charge is 2.09. The molecule has 0 aromatic heterocycles. The first-order valence-corrected chi connectivity index (χ1v) is 7.29. The molecule has 1 aromatic rings. The van der Waals surface area contributed by atoms with Gasteiger partial charge in [0.15, 0.2) is 0 Å². The number of methoxy groups -OCH3 is 1. The molecule has 1 aromatic carbocycles. The summed E-state index contributed by atoms with van der Waals surface area (Å²) in [5, 5.41) is 3.45. The average Bonchev–Trinajstić information content (AvgIpc) is 2.51. The molecule has 0 aliphatic heterocycles. The molecule has 2 rings (SSSR count). The Kier molecular flexibility index (Phi) is 5.48. The predicted octanol–water partition coefficient (Wildman–Crippen LogP) is 4.28. The van der Waals surface area contributed by atoms with E-state index in [0.717, 1.165) is 24.3 Å². The summed E-state index contributed by atoms with van der Waals surface area (Å²) in [6, 6.07) is 10.3. The monoisotopic (exact) mass is 269 g/mol. The maximum atomic E-state index is 5.59. The van der Waals surface area contributed by atoms with Crippen LogP contribution in [0, 0.1) is 0 Å². The lowest BCUT2D eigenvalue weighted by atomic mass is 10.0. The summed E-state index contributed by atoms with van der Waals surface area (Å²) in [4.78, 5) is 0. The van der Waals surface area contributed by atoms with Gasteiger partial charge in [-0.15, -0.1) is 0 Å². The number of unbranched alkanes of at least 4 members (excludes halogenated alkanes) is 1. The third-order valence-electron chi connectivity index (χ3n) is 3.40. The fourth-order valence-electron chi connectivity index (χ4n) is 2.28. The van der Waals surface area contributed by atoms with Gasteiger partial charge in [0.1, 0.15) is 5.76 Å². The summed E-state index contributed by atoms with van der Waals surface area (Å²) in [5.41, 5.74) is 3.57. The molecule has 106 valence electrons. The van der Waals surface area contributed by atoms with Gasteiger partial charge in [-0.05, 0) is 24.5 Å². The molecule has 0 saturated heterocycles. The Morgan fingerprint density at radius 1 is 1.20 bits per heavy atom. The molecule has 0 atom stereocenters. The molecular weight excluding hydrogens is 246 g/mol. The number of hydrogen-bond donors (Lipinski definition) is 1. The third-order valence-corrected chi connectivity index (χ3v) is 3.40. The van der Waals surface area contributed by atoms with Gasteiger partial charge in [-0.3, -0.25) is 0 Å². The minimum absolute atomic E-state index is 0.906. The van der Waals surface area contributed by atoms with Crippen molar-refractivity contribution in [2.24, 2.45) is 0 Å². The number of rotatable bonds is 6. The van der Waals surface area contributed by atoms with Crippen LogP contribution in [0.15, 0.2) is 59.8 Å². The van der Waals surface area contributed by atoms with Crippen molar-refractivity contribution in [3.05, 3.63) is 65.4 Å². The van der Waals surface area contributed by atoms with Crippen molar-refractivity contribution in [3.63, 3.8) is 0 Å². The lowest BCUT2D eigenvalue weighted by molar-refractivity contribution is 0.367. The largest absolute Gasteiger partial charge is 0.496 e. The molecule has 0 fully saturated rings. The SMILES string of the molecule is CCCCNC1=CCC(=C(OC)c2ccccc2)C=C1. The maximum absolute atomic E-state index is 5.59. The molecule has 1 aliphatic rings. The summed E-state index contributed by atoms with van der Waals surface area (Å²) in [5.74, 6) is 0.964. The van der Waals surface area contributed by atoms with E-state index in [0.29, 0.717) is 0 Å². The lowest BCUT2D eigenvalue weighted by Gasteiger charge is -2.15. The van der Waals surface area contributed by atoms with Crippen LogP contribution in [0.2, 0.25) is 0 Å². The first kappa shape index (κ1) is 14.4. The van der Waals surface area contributed by atoms with E-state index in [-0.39, 0.29) is 0 Å². The normalized spacial score (nSPS) is 16.6. The van der Waals surface area contributed by atoms with E-state index in [2.05, 4.69) is 42.6 Å². The molecule has 20 heavy (non-hydrogen) atoms. The highest BCUT2D eigenvalue weighted by atomic mass is 16.5. The van der Waals surface area contributed by atoms with E-state index < -0.39 is 0 Å². The van der Waals surface area contributed by atoms with Crippen molar-refractivity contribution in [2.75, 3.05) is 13.7 Å². The van der Waals surface area contributed by atoms with Crippen LogP contribution in [0.3, 0.4) is 0 Å². The number of nitrogens with one attached hydrogen (secondary N) is 1. The van der Waals surface area contributed by atoms with Gasteiger partial charge in [0.25, 0.3) is 0 Å². The van der Waals surface area contributed by atoms with Gasteiger partial charge in [0.2, 0.25) is 0 Å². The first-order chi connectivity index (χ1) is 9.85. The van der Waals surface area contributed by atoms with E-state index in [1.807, 2.05) is 18.2 Å². The second kappa shape index (κ2) is 7.59. The number of benzene rings is 1. The van der Waals surface area contributed by atoms with Gasteiger partial charge < -0.3 is 10.1 Å². The van der Waals surface area contributed by atoms with Crippen LogP contribution in [0.1, 0.15) is 31.7 Å². The molecule has 2 nitrogen and oxygen atoms in total. The van der Waals surface area contributed by atoms with Crippen LogP contribution in [-0.2, 0) is 4.74 Å². The first-order valence-electron chi connectivity index (χ1n) is 7.29. The average molecular weight is 269 g/mol. The maximum Gasteiger partial charge on any atom is 0.129 e. The quantitative estimate of drug-likeness (QED) is 0.615. The minimum Gasteiger partial charge on any atom is -0.496 e. The van der Waals surface area contributed by atoms with Crippen molar-refractivity contribution >= 4 is 5.76 Å². The fourth-order valence-corrected chi connectivity index (χ4v) is 2.28. The topological polar surface area (TPSA) is 21.3 Å². The van der Waals surface area contributed by atoms with Crippen LogP contribution in [-0.4, -0.2) is 13.7 Å². The molecule has 0 radical (unpaired) electrons. The molecule has 1 N–H and O–H groups in total. The number of allylic oxidation sites excluding steroid dienone is 4. The summed E-state index contributed by atoms with van der Waals surface area (Å²) in [6.45, 7) is 3.25. The third kappa shape index (κ3) is 3.77. The molecule has 0 heterocycles. The molecule has 0 saturated carbocycles. The Morgan fingerprint density at radius 3 is 2.60 bits per heavy atom. The van der Waals surface area contributed by atoms with E-state index >= 15 is 0 Å². The highest BCUT2D eigenvalue weighted by molar-refractivity contribution is 5.66. The summed E-state index contributed by atoms with van der Waals surface area (Å²) >= 11 is 0. The second-order valence-electron chi connectivity index (χ2n) is 4.90. The fraction of sp³-hybridized carbons (Fsp3) is 0.333. The van der Waals surface area contributed by atoms with Crippen molar-refractivity contribution in [1.29, 1.82) is 0 Å². The van der Waals surface area contributed by atoms with Gasteiger partial charge >= 0.3 is 0 Å². The molecule has 0 unspecified atom stereocenters. The molecule has 0 bridgehead atoms. The number of hydrogen-bond acceptors (Lipinski definition) is 2. The highest BCUT2D eigenvalue weighted by Crippen LogP contribution is 2.25. The van der Waals surface area contributed by atoms with Crippen LogP contribution in [0.4, 0.5) is 0 Å². The molecular formula is C18H23NO. The number of ether oxygens (including phenoxy) is 1. The molecule has 0 spiro atoms. The lowest BCUT2D eigenvalue weighted by Crippen LogP contribution is -2.14. The van der Waals surface area contributed by atoms with Crippen LogP contribution >= 0.6 is 0 Å². The zero-order chi connectivity index (χ0) is 14.2. The van der Waals surface area contributed by atoms with Crippen LogP contribution in [0.5, 0.6) is 0 Å². The van der Waals surface area contributed by atoms with Gasteiger partial charge in [-0.1, -0.05) is 55.8 Å². The van der Waals surface area contributed by atoms with Crippen molar-refractivity contribution < 1.29 is 4.74 Å². The smallest absolute Gasteiger partial charge is 0.129 e. The summed E-state index contributed by atoms with van der Waals surface area (Å²) < 4.78 is 5.59. The summed E-state index contributed by atoms with van der Waals surface area (Å²) in [7, 11) is 1.74. The zero-order valence-electron chi connectivity index (χ0n) is 12.4. The minimum atomic E-state index is 0.906. The molecule has 0 amide bonds. The predicted molar refractivity (Wildman–Crippen MR) is 85.1 cm³/mol. The Morgan fingerprint density at radius 2 is 2.00 bits per heavy atom. The van der Waals surface area contributed by atoms with E-state index in [9.17, 15) is 0 Å².